The van der Waals surface area contributed by atoms with Gasteiger partial charge < -0.3 is 10.1 Å². The largest absolute Gasteiger partial charge is 0.475 e. The highest BCUT2D eigenvalue weighted by atomic mass is 35.5. The van der Waals surface area contributed by atoms with Gasteiger partial charge in [0.25, 0.3) is 5.91 Å². The van der Waals surface area contributed by atoms with E-state index in [1.807, 2.05) is 13.8 Å². The molecule has 1 aromatic carbocycles. The van der Waals surface area contributed by atoms with Gasteiger partial charge in [-0.3, -0.25) is 4.79 Å². The Morgan fingerprint density at radius 3 is 2.69 bits per heavy atom. The zero-order chi connectivity index (χ0) is 11.8. The first-order chi connectivity index (χ1) is 7.61. The Balaban J connectivity index is 2.42. The predicted molar refractivity (Wildman–Crippen MR) is 64.0 cm³/mol. The summed E-state index contributed by atoms with van der Waals surface area (Å²) in [5, 5.41) is 3.43. The van der Waals surface area contributed by atoms with Gasteiger partial charge in [-0.05, 0) is 31.0 Å². The molecule has 0 aliphatic carbocycles. The van der Waals surface area contributed by atoms with Crippen LogP contribution in [0.5, 0.6) is 5.75 Å². The molecular formula is C12H14ClNO2. The monoisotopic (exact) mass is 239 g/mol. The van der Waals surface area contributed by atoms with Crippen molar-refractivity contribution in [1.29, 1.82) is 0 Å². The van der Waals surface area contributed by atoms with E-state index in [4.69, 9.17) is 16.3 Å². The number of ether oxygens (including phenoxy) is 1. The summed E-state index contributed by atoms with van der Waals surface area (Å²) >= 11 is 5.86. The van der Waals surface area contributed by atoms with Crippen molar-refractivity contribution in [1.82, 2.24) is 0 Å². The maximum atomic E-state index is 12.0. The van der Waals surface area contributed by atoms with Crippen molar-refractivity contribution in [3.63, 3.8) is 0 Å². The summed E-state index contributed by atoms with van der Waals surface area (Å²) in [4.78, 5) is 12.0. The third kappa shape index (κ3) is 1.65. The highest BCUT2D eigenvalue weighted by molar-refractivity contribution is 6.31. The maximum absolute atomic E-state index is 12.0. The molecule has 0 spiro atoms. The second kappa shape index (κ2) is 3.98. The molecule has 3 nitrogen and oxygen atoms in total. The molecule has 1 aliphatic heterocycles. The fourth-order valence-electron chi connectivity index (χ4n) is 1.90. The molecule has 0 aromatic heterocycles. The Morgan fingerprint density at radius 2 is 2.06 bits per heavy atom. The minimum atomic E-state index is -0.735. The Morgan fingerprint density at radius 1 is 1.38 bits per heavy atom. The van der Waals surface area contributed by atoms with E-state index in [1.165, 1.54) is 0 Å². The van der Waals surface area contributed by atoms with Crippen molar-refractivity contribution < 1.29 is 9.53 Å². The van der Waals surface area contributed by atoms with Crippen molar-refractivity contribution in [2.24, 2.45) is 0 Å². The molecular weight excluding hydrogens is 226 g/mol. The molecule has 1 aliphatic rings. The highest BCUT2D eigenvalue weighted by Crippen LogP contribution is 2.37. The van der Waals surface area contributed by atoms with Crippen LogP contribution in [-0.2, 0) is 4.79 Å². The maximum Gasteiger partial charge on any atom is 0.268 e. The van der Waals surface area contributed by atoms with E-state index in [0.29, 0.717) is 29.3 Å². The third-order valence-corrected chi connectivity index (χ3v) is 3.29. The molecule has 1 amide bonds. The highest BCUT2D eigenvalue weighted by Gasteiger charge is 2.41. The lowest BCUT2D eigenvalue weighted by molar-refractivity contribution is -0.133. The number of rotatable bonds is 2. The lowest BCUT2D eigenvalue weighted by Crippen LogP contribution is -2.49. The van der Waals surface area contributed by atoms with Gasteiger partial charge in [-0.15, -0.1) is 0 Å². The molecule has 16 heavy (non-hydrogen) atoms. The van der Waals surface area contributed by atoms with Gasteiger partial charge in [-0.25, -0.2) is 0 Å². The van der Waals surface area contributed by atoms with E-state index in [-0.39, 0.29) is 5.91 Å². The average Bonchev–Trinajstić information content (AvgIpc) is 2.28. The van der Waals surface area contributed by atoms with Crippen LogP contribution in [-0.4, -0.2) is 11.5 Å². The lowest BCUT2D eigenvalue weighted by atomic mass is 9.94. The summed E-state index contributed by atoms with van der Waals surface area (Å²) in [6.07, 6.45) is 1.30. The topological polar surface area (TPSA) is 38.3 Å². The lowest BCUT2D eigenvalue weighted by Gasteiger charge is -2.36. The van der Waals surface area contributed by atoms with Crippen molar-refractivity contribution in [2.75, 3.05) is 5.32 Å². The molecule has 2 rings (SSSR count). The Bertz CT molecular complexity index is 427. The van der Waals surface area contributed by atoms with Crippen LogP contribution in [0.4, 0.5) is 5.69 Å². The number of carbonyl (C=O) groups excluding carboxylic acids is 1. The summed E-state index contributed by atoms with van der Waals surface area (Å²) in [6.45, 7) is 3.90. The van der Waals surface area contributed by atoms with Gasteiger partial charge in [0, 0.05) is 5.02 Å². The first-order valence-corrected chi connectivity index (χ1v) is 5.79. The second-order valence-electron chi connectivity index (χ2n) is 3.90. The average molecular weight is 240 g/mol. The Labute approximate surface area is 99.7 Å². The van der Waals surface area contributed by atoms with Crippen LogP contribution >= 0.6 is 11.6 Å². The molecule has 4 heteroatoms. The van der Waals surface area contributed by atoms with Gasteiger partial charge in [0.05, 0.1) is 5.69 Å². The summed E-state index contributed by atoms with van der Waals surface area (Å²) in [7, 11) is 0. The summed E-state index contributed by atoms with van der Waals surface area (Å²) in [6, 6.07) is 5.25. The molecule has 1 aromatic rings. The number of halogens is 1. The zero-order valence-corrected chi connectivity index (χ0v) is 10.1. The van der Waals surface area contributed by atoms with Crippen molar-refractivity contribution >= 4 is 23.2 Å². The van der Waals surface area contributed by atoms with Crippen LogP contribution in [0.25, 0.3) is 0 Å². The number of amides is 1. The SMILES string of the molecule is CCC1(CC)Oc2ccc(Cl)cc2NC1=O. The molecule has 0 saturated heterocycles. The second-order valence-corrected chi connectivity index (χ2v) is 4.33. The fourth-order valence-corrected chi connectivity index (χ4v) is 2.07. The van der Waals surface area contributed by atoms with Gasteiger partial charge in [-0.1, -0.05) is 25.4 Å². The number of benzene rings is 1. The van der Waals surface area contributed by atoms with Gasteiger partial charge in [0.1, 0.15) is 5.75 Å². The van der Waals surface area contributed by atoms with Crippen LogP contribution in [0.3, 0.4) is 0 Å². The van der Waals surface area contributed by atoms with Gasteiger partial charge in [-0.2, -0.15) is 0 Å². The third-order valence-electron chi connectivity index (χ3n) is 3.05. The molecule has 1 heterocycles. The first-order valence-electron chi connectivity index (χ1n) is 5.41. The summed E-state index contributed by atoms with van der Waals surface area (Å²) < 4.78 is 5.81. The minimum absolute atomic E-state index is 0.0905. The van der Waals surface area contributed by atoms with Crippen LogP contribution in [0.1, 0.15) is 26.7 Å². The van der Waals surface area contributed by atoms with Gasteiger partial charge in [0.15, 0.2) is 5.60 Å². The molecule has 86 valence electrons. The van der Waals surface area contributed by atoms with Crippen LogP contribution in [0.2, 0.25) is 5.02 Å². The standard InChI is InChI=1S/C12H14ClNO2/c1-3-12(4-2)11(15)14-9-7-8(13)5-6-10(9)16-12/h5-7H,3-4H2,1-2H3,(H,14,15). The molecule has 1 N–H and O–H groups in total. The quantitative estimate of drug-likeness (QED) is 0.861. The minimum Gasteiger partial charge on any atom is -0.475 e. The van der Waals surface area contributed by atoms with Gasteiger partial charge in [0.2, 0.25) is 0 Å². The molecule has 0 radical (unpaired) electrons. The van der Waals surface area contributed by atoms with Crippen molar-refractivity contribution in [2.45, 2.75) is 32.3 Å². The molecule has 0 unspecified atom stereocenters. The molecule has 0 saturated carbocycles. The van der Waals surface area contributed by atoms with E-state index in [0.717, 1.165) is 0 Å². The van der Waals surface area contributed by atoms with Crippen molar-refractivity contribution in [3.8, 4) is 5.75 Å². The summed E-state index contributed by atoms with van der Waals surface area (Å²) in [5.74, 6) is 0.597. The fraction of sp³-hybridized carbons (Fsp3) is 0.417. The molecule has 0 bridgehead atoms. The first kappa shape index (κ1) is 11.3. The number of fused-ring (bicyclic) bond motifs is 1. The van der Waals surface area contributed by atoms with Crippen LogP contribution in [0.15, 0.2) is 18.2 Å². The molecule has 0 fully saturated rings. The van der Waals surface area contributed by atoms with E-state index >= 15 is 0 Å². The Kier molecular flexibility index (Phi) is 2.80. The van der Waals surface area contributed by atoms with Crippen molar-refractivity contribution in [3.05, 3.63) is 23.2 Å². The van der Waals surface area contributed by atoms with E-state index < -0.39 is 5.60 Å². The smallest absolute Gasteiger partial charge is 0.268 e. The summed E-state index contributed by atoms with van der Waals surface area (Å²) in [5.41, 5.74) is -0.0871. The van der Waals surface area contributed by atoms with Gasteiger partial charge >= 0.3 is 0 Å². The van der Waals surface area contributed by atoms with E-state index in [2.05, 4.69) is 5.32 Å². The predicted octanol–water partition coefficient (Wildman–Crippen LogP) is 3.23. The number of hydrogen-bond acceptors (Lipinski definition) is 2. The zero-order valence-electron chi connectivity index (χ0n) is 9.34. The van der Waals surface area contributed by atoms with Crippen LogP contribution < -0.4 is 10.1 Å². The van der Waals surface area contributed by atoms with E-state index in [9.17, 15) is 4.79 Å². The number of anilines is 1. The van der Waals surface area contributed by atoms with Crippen LogP contribution in [0, 0.1) is 0 Å². The number of carbonyl (C=O) groups is 1. The normalized spacial score (nSPS) is 17.3. The number of nitrogens with one attached hydrogen (secondary N) is 1. The number of hydrogen-bond donors (Lipinski definition) is 1. The molecule has 0 atom stereocenters. The van der Waals surface area contributed by atoms with E-state index in [1.54, 1.807) is 18.2 Å². The Hall–Kier alpha value is -1.22.